The zero-order valence-electron chi connectivity index (χ0n) is 15.2. The van der Waals surface area contributed by atoms with Crippen LogP contribution in [0.4, 0.5) is 10.5 Å². The predicted molar refractivity (Wildman–Crippen MR) is 98.1 cm³/mol. The summed E-state index contributed by atoms with van der Waals surface area (Å²) in [5, 5.41) is 0. The number of rotatable bonds is 2. The van der Waals surface area contributed by atoms with Crippen molar-refractivity contribution < 1.29 is 14.3 Å². The second-order valence-electron chi connectivity index (χ2n) is 7.20. The summed E-state index contributed by atoms with van der Waals surface area (Å²) >= 11 is 0. The minimum absolute atomic E-state index is 0.300. The van der Waals surface area contributed by atoms with Gasteiger partial charge in [0, 0.05) is 38.6 Å². The van der Waals surface area contributed by atoms with Gasteiger partial charge in [0.1, 0.15) is 16.6 Å². The van der Waals surface area contributed by atoms with Crippen molar-refractivity contribution in [2.75, 3.05) is 31.1 Å². The first-order chi connectivity index (χ1) is 12.3. The number of piperazine rings is 1. The summed E-state index contributed by atoms with van der Waals surface area (Å²) in [7, 11) is 0. The molecule has 2 aromatic rings. The Labute approximate surface area is 151 Å². The number of aromatic nitrogens is 2. The highest BCUT2D eigenvalue weighted by molar-refractivity contribution is 6.06. The summed E-state index contributed by atoms with van der Waals surface area (Å²) < 4.78 is 5.43. The van der Waals surface area contributed by atoms with Crippen LogP contribution in [0.3, 0.4) is 0 Å². The van der Waals surface area contributed by atoms with Crippen LogP contribution in [0, 0.1) is 0 Å². The van der Waals surface area contributed by atoms with Crippen molar-refractivity contribution in [2.45, 2.75) is 26.4 Å². The van der Waals surface area contributed by atoms with Crippen LogP contribution >= 0.6 is 0 Å². The molecule has 0 spiro atoms. The first kappa shape index (κ1) is 17.9. The molecule has 1 fully saturated rings. The van der Waals surface area contributed by atoms with Gasteiger partial charge in [-0.05, 0) is 32.9 Å². The fraction of sp³-hybridized carbons (Fsp3) is 0.444. The molecule has 8 heteroatoms. The van der Waals surface area contributed by atoms with Gasteiger partial charge in [-0.1, -0.05) is 0 Å². The Balaban J connectivity index is 1.79. The van der Waals surface area contributed by atoms with Crippen LogP contribution in [0.5, 0.6) is 0 Å². The quantitative estimate of drug-likeness (QED) is 0.879. The Hall–Kier alpha value is -2.90. The number of primary amides is 1. The fourth-order valence-corrected chi connectivity index (χ4v) is 2.95. The summed E-state index contributed by atoms with van der Waals surface area (Å²) in [6, 6.07) is 3.51. The van der Waals surface area contributed by atoms with Crippen molar-refractivity contribution in [3.05, 3.63) is 30.1 Å². The van der Waals surface area contributed by atoms with Crippen molar-refractivity contribution in [2.24, 2.45) is 5.73 Å². The van der Waals surface area contributed by atoms with Crippen LogP contribution < -0.4 is 10.6 Å². The van der Waals surface area contributed by atoms with Gasteiger partial charge in [-0.2, -0.15) is 0 Å². The van der Waals surface area contributed by atoms with Crippen molar-refractivity contribution >= 4 is 28.7 Å². The minimum Gasteiger partial charge on any atom is -0.444 e. The third-order valence-electron chi connectivity index (χ3n) is 4.14. The molecule has 2 N–H and O–H groups in total. The minimum atomic E-state index is -0.531. The smallest absolute Gasteiger partial charge is 0.410 e. The first-order valence-corrected chi connectivity index (χ1v) is 8.52. The molecule has 2 amide bonds. The van der Waals surface area contributed by atoms with Crippen LogP contribution in [-0.2, 0) is 4.74 Å². The standard InChI is InChI=1S/C18H23N5O3/c1-18(2,3)26-17(25)23-10-8-22(9-11-23)13-5-4-12(16(19)24)14-15(13)21-7-6-20-14/h4-7H,8-11H2,1-3H3,(H2,19,24). The van der Waals surface area contributed by atoms with E-state index in [-0.39, 0.29) is 6.09 Å². The third kappa shape index (κ3) is 3.68. The van der Waals surface area contributed by atoms with Crippen LogP contribution in [0.1, 0.15) is 31.1 Å². The Morgan fingerprint density at radius 3 is 2.23 bits per heavy atom. The maximum absolute atomic E-state index is 12.2. The van der Waals surface area contributed by atoms with Crippen LogP contribution in [0.15, 0.2) is 24.5 Å². The number of carbonyl (C=O) groups excluding carboxylic acids is 2. The van der Waals surface area contributed by atoms with E-state index >= 15 is 0 Å². The Bertz CT molecular complexity index is 838. The molecule has 1 aliphatic rings. The molecule has 8 nitrogen and oxygen atoms in total. The molecule has 138 valence electrons. The molecule has 0 unspecified atom stereocenters. The lowest BCUT2D eigenvalue weighted by Gasteiger charge is -2.37. The van der Waals surface area contributed by atoms with E-state index < -0.39 is 11.5 Å². The van der Waals surface area contributed by atoms with E-state index in [0.717, 1.165) is 5.69 Å². The summed E-state index contributed by atoms with van der Waals surface area (Å²) in [5.74, 6) is -0.531. The molecule has 0 bridgehead atoms. The lowest BCUT2D eigenvalue weighted by atomic mass is 10.1. The molecule has 0 aliphatic carbocycles. The Morgan fingerprint density at radius 1 is 1.04 bits per heavy atom. The van der Waals surface area contributed by atoms with E-state index in [1.807, 2.05) is 26.8 Å². The van der Waals surface area contributed by atoms with Crippen molar-refractivity contribution in [3.63, 3.8) is 0 Å². The number of hydrogen-bond acceptors (Lipinski definition) is 6. The number of fused-ring (bicyclic) bond motifs is 1. The van der Waals surface area contributed by atoms with E-state index in [4.69, 9.17) is 10.5 Å². The zero-order chi connectivity index (χ0) is 18.9. The van der Waals surface area contributed by atoms with Gasteiger partial charge in [-0.15, -0.1) is 0 Å². The second kappa shape index (κ2) is 6.78. The largest absolute Gasteiger partial charge is 0.444 e. The van der Waals surface area contributed by atoms with Gasteiger partial charge in [0.05, 0.1) is 11.3 Å². The lowest BCUT2D eigenvalue weighted by Crippen LogP contribution is -2.50. The van der Waals surface area contributed by atoms with Crippen LogP contribution in [0.25, 0.3) is 11.0 Å². The number of hydrogen-bond donors (Lipinski definition) is 1. The molecule has 0 atom stereocenters. The number of anilines is 1. The van der Waals surface area contributed by atoms with Gasteiger partial charge < -0.3 is 20.3 Å². The lowest BCUT2D eigenvalue weighted by molar-refractivity contribution is 0.0240. The SMILES string of the molecule is CC(C)(C)OC(=O)N1CCN(c2ccc(C(N)=O)c3nccnc23)CC1. The molecule has 0 saturated carbocycles. The molecule has 0 radical (unpaired) electrons. The predicted octanol–water partition coefficient (Wildman–Crippen LogP) is 1.79. The summed E-state index contributed by atoms with van der Waals surface area (Å²) in [5.41, 5.74) is 7.28. The van der Waals surface area contributed by atoms with Gasteiger partial charge >= 0.3 is 6.09 Å². The molecule has 3 rings (SSSR count). The number of ether oxygens (including phenoxy) is 1. The van der Waals surface area contributed by atoms with E-state index in [1.54, 1.807) is 23.4 Å². The monoisotopic (exact) mass is 357 g/mol. The number of benzene rings is 1. The number of nitrogens with zero attached hydrogens (tertiary/aromatic N) is 4. The Morgan fingerprint density at radius 2 is 1.65 bits per heavy atom. The van der Waals surface area contributed by atoms with Crippen molar-refractivity contribution in [1.82, 2.24) is 14.9 Å². The Kier molecular flexibility index (Phi) is 4.67. The molecular weight excluding hydrogens is 334 g/mol. The summed E-state index contributed by atoms with van der Waals surface area (Å²) in [6.45, 7) is 7.94. The average molecular weight is 357 g/mol. The summed E-state index contributed by atoms with van der Waals surface area (Å²) in [6.07, 6.45) is 2.83. The highest BCUT2D eigenvalue weighted by Crippen LogP contribution is 2.27. The fourth-order valence-electron chi connectivity index (χ4n) is 2.95. The van der Waals surface area contributed by atoms with Gasteiger partial charge in [-0.3, -0.25) is 14.8 Å². The van der Waals surface area contributed by atoms with Crippen molar-refractivity contribution in [3.8, 4) is 0 Å². The van der Waals surface area contributed by atoms with E-state index in [1.165, 1.54) is 0 Å². The number of nitrogens with two attached hydrogens (primary N) is 1. The number of amides is 2. The second-order valence-corrected chi connectivity index (χ2v) is 7.20. The van der Waals surface area contributed by atoms with Crippen molar-refractivity contribution in [1.29, 1.82) is 0 Å². The maximum Gasteiger partial charge on any atom is 0.410 e. The topological polar surface area (TPSA) is 102 Å². The van der Waals surface area contributed by atoms with E-state index in [2.05, 4.69) is 14.9 Å². The molecule has 1 aromatic carbocycles. The molecule has 1 aliphatic heterocycles. The normalized spacial score (nSPS) is 15.2. The molecule has 1 saturated heterocycles. The van der Waals surface area contributed by atoms with E-state index in [9.17, 15) is 9.59 Å². The maximum atomic E-state index is 12.2. The highest BCUT2D eigenvalue weighted by atomic mass is 16.6. The van der Waals surface area contributed by atoms with Gasteiger partial charge in [0.25, 0.3) is 5.91 Å². The van der Waals surface area contributed by atoms with Crippen LogP contribution in [0.2, 0.25) is 0 Å². The zero-order valence-corrected chi connectivity index (χ0v) is 15.2. The molecular formula is C18H23N5O3. The summed E-state index contributed by atoms with van der Waals surface area (Å²) in [4.78, 5) is 36.3. The highest BCUT2D eigenvalue weighted by Gasteiger charge is 2.27. The van der Waals surface area contributed by atoms with Gasteiger partial charge in [0.15, 0.2) is 0 Å². The molecule has 26 heavy (non-hydrogen) atoms. The van der Waals surface area contributed by atoms with Crippen LogP contribution in [-0.4, -0.2) is 58.6 Å². The number of carbonyl (C=O) groups is 2. The molecule has 1 aromatic heterocycles. The third-order valence-corrected chi connectivity index (χ3v) is 4.14. The first-order valence-electron chi connectivity index (χ1n) is 8.52. The van der Waals surface area contributed by atoms with E-state index in [0.29, 0.717) is 42.8 Å². The molecule has 2 heterocycles. The van der Waals surface area contributed by atoms with Gasteiger partial charge in [0.2, 0.25) is 0 Å². The average Bonchev–Trinajstić information content (AvgIpc) is 2.59. The van der Waals surface area contributed by atoms with Gasteiger partial charge in [-0.25, -0.2) is 4.79 Å².